The normalized spacial score (nSPS) is 10.5. The molecule has 0 heterocycles. The lowest BCUT2D eigenvalue weighted by molar-refractivity contribution is -0.121. The SMILES string of the molecule is CCN(C(=O)COC(=O)c1ccccc1Sc1ccccc1C#N)c1cccc2ccccc12. The molecule has 0 aliphatic carbocycles. The second-order valence-corrected chi connectivity index (χ2v) is 8.50. The highest BCUT2D eigenvalue weighted by atomic mass is 32.2. The van der Waals surface area contributed by atoms with E-state index in [-0.39, 0.29) is 12.5 Å². The molecule has 4 aromatic carbocycles. The number of nitrogens with zero attached hydrogens (tertiary/aromatic N) is 2. The smallest absolute Gasteiger partial charge is 0.339 e. The number of nitriles is 1. The summed E-state index contributed by atoms with van der Waals surface area (Å²) < 4.78 is 5.43. The molecule has 0 saturated heterocycles. The van der Waals surface area contributed by atoms with Gasteiger partial charge in [-0.2, -0.15) is 5.26 Å². The van der Waals surface area contributed by atoms with Crippen molar-refractivity contribution >= 4 is 40.1 Å². The standard InChI is InChI=1S/C28H22N2O3S/c1-2-30(24-15-9-12-20-10-3-5-13-22(20)24)27(31)19-33-28(32)23-14-6-8-17-26(23)34-25-16-7-4-11-21(25)18-29/h3-17H,2,19H2,1H3. The molecule has 0 N–H and O–H groups in total. The Hall–Kier alpha value is -4.08. The van der Waals surface area contributed by atoms with E-state index in [0.717, 1.165) is 21.4 Å². The maximum absolute atomic E-state index is 13.0. The van der Waals surface area contributed by atoms with Gasteiger partial charge in [-0.25, -0.2) is 4.79 Å². The molecular formula is C28H22N2O3S. The van der Waals surface area contributed by atoms with E-state index in [1.54, 1.807) is 35.2 Å². The molecule has 0 radical (unpaired) electrons. The summed E-state index contributed by atoms with van der Waals surface area (Å²) in [4.78, 5) is 29.0. The first kappa shape index (κ1) is 23.1. The van der Waals surface area contributed by atoms with Crippen LogP contribution in [0, 0.1) is 11.3 Å². The summed E-state index contributed by atoms with van der Waals surface area (Å²) in [6, 6.07) is 30.0. The lowest BCUT2D eigenvalue weighted by atomic mass is 10.1. The quantitative estimate of drug-likeness (QED) is 0.309. The Kier molecular flexibility index (Phi) is 7.26. The number of esters is 1. The molecule has 1 amide bonds. The third-order valence-electron chi connectivity index (χ3n) is 5.34. The topological polar surface area (TPSA) is 70.4 Å². The largest absolute Gasteiger partial charge is 0.452 e. The molecule has 4 rings (SSSR count). The summed E-state index contributed by atoms with van der Waals surface area (Å²) in [5.41, 5.74) is 1.66. The summed E-state index contributed by atoms with van der Waals surface area (Å²) in [6.45, 7) is 1.96. The van der Waals surface area contributed by atoms with Crippen molar-refractivity contribution in [2.45, 2.75) is 16.7 Å². The van der Waals surface area contributed by atoms with Gasteiger partial charge in [0.05, 0.1) is 16.8 Å². The molecule has 0 bridgehead atoms. The third kappa shape index (κ3) is 4.95. The van der Waals surface area contributed by atoms with Gasteiger partial charge in [0, 0.05) is 21.7 Å². The van der Waals surface area contributed by atoms with Gasteiger partial charge in [-0.15, -0.1) is 0 Å². The van der Waals surface area contributed by atoms with E-state index < -0.39 is 5.97 Å². The number of ether oxygens (including phenoxy) is 1. The number of hydrogen-bond acceptors (Lipinski definition) is 5. The number of likely N-dealkylation sites (N-methyl/N-ethyl adjacent to an activating group) is 1. The summed E-state index contributed by atoms with van der Waals surface area (Å²) in [5.74, 6) is -0.882. The van der Waals surface area contributed by atoms with Crippen molar-refractivity contribution in [2.75, 3.05) is 18.1 Å². The van der Waals surface area contributed by atoms with Crippen LogP contribution in [0.3, 0.4) is 0 Å². The van der Waals surface area contributed by atoms with Gasteiger partial charge in [0.2, 0.25) is 0 Å². The van der Waals surface area contributed by atoms with Crippen LogP contribution in [0.2, 0.25) is 0 Å². The lowest BCUT2D eigenvalue weighted by Crippen LogP contribution is -2.34. The number of rotatable bonds is 7. The van der Waals surface area contributed by atoms with Crippen LogP contribution in [0.5, 0.6) is 0 Å². The van der Waals surface area contributed by atoms with Crippen LogP contribution in [0.4, 0.5) is 5.69 Å². The molecule has 0 aromatic heterocycles. The van der Waals surface area contributed by atoms with E-state index >= 15 is 0 Å². The van der Waals surface area contributed by atoms with Crippen LogP contribution in [0.1, 0.15) is 22.8 Å². The van der Waals surface area contributed by atoms with E-state index in [1.165, 1.54) is 11.8 Å². The highest BCUT2D eigenvalue weighted by molar-refractivity contribution is 7.99. The maximum atomic E-state index is 13.0. The van der Waals surface area contributed by atoms with Gasteiger partial charge in [-0.1, -0.05) is 72.4 Å². The van der Waals surface area contributed by atoms with Crippen molar-refractivity contribution in [3.05, 3.63) is 102 Å². The van der Waals surface area contributed by atoms with Gasteiger partial charge >= 0.3 is 5.97 Å². The monoisotopic (exact) mass is 466 g/mol. The number of carbonyl (C=O) groups excluding carboxylic acids is 2. The molecule has 4 aromatic rings. The average Bonchev–Trinajstić information content (AvgIpc) is 2.88. The first-order valence-electron chi connectivity index (χ1n) is 10.8. The Labute approximate surface area is 202 Å². The van der Waals surface area contributed by atoms with Crippen LogP contribution in [-0.4, -0.2) is 25.0 Å². The number of fused-ring (bicyclic) bond motifs is 1. The fourth-order valence-electron chi connectivity index (χ4n) is 3.70. The summed E-state index contributed by atoms with van der Waals surface area (Å²) in [7, 11) is 0. The number of carbonyl (C=O) groups is 2. The summed E-state index contributed by atoms with van der Waals surface area (Å²) in [5, 5.41) is 11.4. The summed E-state index contributed by atoms with van der Waals surface area (Å²) >= 11 is 1.32. The van der Waals surface area contributed by atoms with Gasteiger partial charge < -0.3 is 9.64 Å². The van der Waals surface area contributed by atoms with E-state index in [4.69, 9.17) is 4.74 Å². The van der Waals surface area contributed by atoms with Gasteiger partial charge in [-0.05, 0) is 42.6 Å². The first-order valence-corrected chi connectivity index (χ1v) is 11.6. The minimum atomic E-state index is -0.583. The molecule has 0 aliphatic rings. The highest BCUT2D eigenvalue weighted by Gasteiger charge is 2.20. The predicted octanol–water partition coefficient (Wildman–Crippen LogP) is 6.07. The van der Waals surface area contributed by atoms with Crippen LogP contribution < -0.4 is 4.90 Å². The number of hydrogen-bond donors (Lipinski definition) is 0. The van der Waals surface area contributed by atoms with Crippen molar-refractivity contribution in [3.8, 4) is 6.07 Å². The van der Waals surface area contributed by atoms with Gasteiger partial charge in [-0.3, -0.25) is 4.79 Å². The Balaban J connectivity index is 1.50. The number of amides is 1. The van der Waals surface area contributed by atoms with Crippen LogP contribution in [-0.2, 0) is 9.53 Å². The maximum Gasteiger partial charge on any atom is 0.339 e. The Morgan fingerprint density at radius 1 is 0.882 bits per heavy atom. The Bertz CT molecular complexity index is 1390. The van der Waals surface area contributed by atoms with Crippen molar-refractivity contribution < 1.29 is 14.3 Å². The molecule has 0 fully saturated rings. The molecule has 0 saturated carbocycles. The Morgan fingerprint density at radius 3 is 2.35 bits per heavy atom. The van der Waals surface area contributed by atoms with Crippen molar-refractivity contribution in [3.63, 3.8) is 0 Å². The second-order valence-electron chi connectivity index (χ2n) is 7.42. The zero-order valence-corrected chi connectivity index (χ0v) is 19.4. The predicted molar refractivity (Wildman–Crippen MR) is 134 cm³/mol. The van der Waals surface area contributed by atoms with Crippen LogP contribution >= 0.6 is 11.8 Å². The molecule has 0 aliphatic heterocycles. The van der Waals surface area contributed by atoms with Crippen molar-refractivity contribution in [2.24, 2.45) is 0 Å². The fraction of sp³-hybridized carbons (Fsp3) is 0.107. The van der Waals surface area contributed by atoms with Crippen molar-refractivity contribution in [1.29, 1.82) is 5.26 Å². The molecule has 0 atom stereocenters. The number of anilines is 1. The zero-order chi connectivity index (χ0) is 23.9. The third-order valence-corrected chi connectivity index (χ3v) is 6.49. The minimum absolute atomic E-state index is 0.299. The van der Waals surface area contributed by atoms with E-state index in [9.17, 15) is 14.9 Å². The molecule has 34 heavy (non-hydrogen) atoms. The van der Waals surface area contributed by atoms with Gasteiger partial charge in [0.1, 0.15) is 6.07 Å². The van der Waals surface area contributed by atoms with E-state index in [2.05, 4.69) is 6.07 Å². The van der Waals surface area contributed by atoms with E-state index in [0.29, 0.717) is 22.6 Å². The highest BCUT2D eigenvalue weighted by Crippen LogP contribution is 2.33. The Morgan fingerprint density at radius 2 is 1.56 bits per heavy atom. The van der Waals surface area contributed by atoms with Gasteiger partial charge in [0.25, 0.3) is 5.91 Å². The minimum Gasteiger partial charge on any atom is -0.452 e. The fourth-order valence-corrected chi connectivity index (χ4v) is 4.71. The van der Waals surface area contributed by atoms with Crippen LogP contribution in [0.15, 0.2) is 101 Å². The summed E-state index contributed by atoms with van der Waals surface area (Å²) in [6.07, 6.45) is 0. The molecular weight excluding hydrogens is 444 g/mol. The zero-order valence-electron chi connectivity index (χ0n) is 18.6. The molecule has 6 heteroatoms. The molecule has 5 nitrogen and oxygen atoms in total. The average molecular weight is 467 g/mol. The van der Waals surface area contributed by atoms with Gasteiger partial charge in [0.15, 0.2) is 6.61 Å². The van der Waals surface area contributed by atoms with Crippen LogP contribution in [0.25, 0.3) is 10.8 Å². The molecule has 0 spiro atoms. The molecule has 168 valence electrons. The van der Waals surface area contributed by atoms with Crippen molar-refractivity contribution in [1.82, 2.24) is 0 Å². The van der Waals surface area contributed by atoms with E-state index in [1.807, 2.05) is 67.6 Å². The first-order chi connectivity index (χ1) is 16.6. The molecule has 0 unspecified atom stereocenters. The second kappa shape index (κ2) is 10.7. The lowest BCUT2D eigenvalue weighted by Gasteiger charge is -2.22. The number of benzene rings is 4.